The minimum atomic E-state index is -4.90. The summed E-state index contributed by atoms with van der Waals surface area (Å²) in [5.41, 5.74) is 0. The second kappa shape index (κ2) is 7.89. The summed E-state index contributed by atoms with van der Waals surface area (Å²) >= 11 is 0. The first kappa shape index (κ1) is 21.6. The van der Waals surface area contributed by atoms with Gasteiger partial charge >= 0.3 is 74.3 Å². The van der Waals surface area contributed by atoms with Crippen LogP contribution in [0.25, 0.3) is 0 Å². The summed E-state index contributed by atoms with van der Waals surface area (Å²) < 4.78 is 22.5. The van der Waals surface area contributed by atoms with Gasteiger partial charge in [-0.1, -0.05) is 12.8 Å². The molecule has 0 aromatic heterocycles. The van der Waals surface area contributed by atoms with Crippen LogP contribution in [0.15, 0.2) is 0 Å². The van der Waals surface area contributed by atoms with Gasteiger partial charge in [0.1, 0.15) is 0 Å². The molecule has 0 aliphatic carbocycles. The third-order valence-electron chi connectivity index (χ3n) is 2.57. The van der Waals surface area contributed by atoms with Crippen molar-refractivity contribution < 1.29 is 28.7 Å². The second-order valence-electron chi connectivity index (χ2n) is 3.64. The van der Waals surface area contributed by atoms with E-state index in [-0.39, 0.29) is 72.1 Å². The molecule has 0 aromatic rings. The van der Waals surface area contributed by atoms with Gasteiger partial charge < -0.3 is 19.6 Å². The van der Waals surface area contributed by atoms with Gasteiger partial charge in [-0.2, -0.15) is 0 Å². The van der Waals surface area contributed by atoms with Crippen molar-refractivity contribution in [1.29, 1.82) is 0 Å². The minimum absolute atomic E-state index is 0. The maximum atomic E-state index is 11.2. The van der Waals surface area contributed by atoms with E-state index in [0.717, 1.165) is 0 Å². The normalized spacial score (nSPS) is 20.7. The van der Waals surface area contributed by atoms with Crippen molar-refractivity contribution in [3.05, 3.63) is 0 Å². The van der Waals surface area contributed by atoms with Gasteiger partial charge in [0.05, 0.1) is 0 Å². The van der Waals surface area contributed by atoms with Crippen molar-refractivity contribution in [3.8, 4) is 0 Å². The van der Waals surface area contributed by atoms with E-state index in [2.05, 4.69) is 5.32 Å². The number of nitrogens with one attached hydrogen (secondary N) is 1. The van der Waals surface area contributed by atoms with E-state index < -0.39 is 20.2 Å². The zero-order chi connectivity index (χ0) is 11.7. The molecule has 17 heavy (non-hydrogen) atoms. The molecule has 1 heterocycles. The Hall–Kier alpha value is 2.26. The molecule has 0 aromatic carbocycles. The molecule has 7 nitrogen and oxygen atoms in total. The summed E-state index contributed by atoms with van der Waals surface area (Å²) in [6, 6.07) is 0. The van der Waals surface area contributed by atoms with Gasteiger partial charge in [-0.3, -0.25) is 14.4 Å². The zero-order valence-corrected chi connectivity index (χ0v) is 9.82. The van der Waals surface area contributed by atoms with Crippen molar-refractivity contribution in [3.63, 3.8) is 0 Å². The molecule has 1 aliphatic rings. The molecular weight excluding hydrogens is 290 g/mol. The van der Waals surface area contributed by atoms with E-state index in [4.69, 9.17) is 19.6 Å². The molecule has 1 fully saturated rings. The Balaban J connectivity index is 0. The molecule has 0 spiro atoms. The van der Waals surface area contributed by atoms with Gasteiger partial charge in [0.15, 0.2) is 0 Å². The van der Waals surface area contributed by atoms with E-state index in [1.54, 1.807) is 0 Å². The van der Waals surface area contributed by atoms with Crippen molar-refractivity contribution >= 4 is 74.3 Å². The summed E-state index contributed by atoms with van der Waals surface area (Å²) in [6.07, 6.45) is 1.54. The Kier molecular flexibility index (Phi) is 10.0. The standard InChI is InChI=1S/C6H15NO6P2.2Na.2H/c8-14(9,10)6(15(11,12)13)4-2-1-3-5-7-6;;;;/h7H,1-5H2,(H2,8,9,10)(H2,11,12,13);;;;. The van der Waals surface area contributed by atoms with E-state index >= 15 is 0 Å². The summed E-state index contributed by atoms with van der Waals surface area (Å²) in [5.74, 6) is 0. The van der Waals surface area contributed by atoms with Crippen LogP contribution in [0.2, 0.25) is 0 Å². The van der Waals surface area contributed by atoms with Crippen LogP contribution in [0.4, 0.5) is 0 Å². The number of hydrogen-bond acceptors (Lipinski definition) is 3. The van der Waals surface area contributed by atoms with Gasteiger partial charge in [0, 0.05) is 0 Å². The monoisotopic (exact) mass is 307 g/mol. The third kappa shape index (κ3) is 4.94. The predicted molar refractivity (Wildman–Crippen MR) is 67.6 cm³/mol. The van der Waals surface area contributed by atoms with Crippen LogP contribution in [0, 0.1) is 0 Å². The zero-order valence-electron chi connectivity index (χ0n) is 8.04. The van der Waals surface area contributed by atoms with Crippen LogP contribution in [0.1, 0.15) is 25.7 Å². The van der Waals surface area contributed by atoms with E-state index in [1.165, 1.54) is 0 Å². The van der Waals surface area contributed by atoms with Crippen LogP contribution in [0.5, 0.6) is 0 Å². The van der Waals surface area contributed by atoms with Crippen molar-refractivity contribution in [2.75, 3.05) is 6.54 Å². The first-order valence-corrected chi connectivity index (χ1v) is 7.79. The Morgan fingerprint density at radius 3 is 1.76 bits per heavy atom. The van der Waals surface area contributed by atoms with Crippen LogP contribution in [-0.2, 0) is 9.13 Å². The van der Waals surface area contributed by atoms with E-state index in [9.17, 15) is 9.13 Å². The molecule has 11 heteroatoms. The summed E-state index contributed by atoms with van der Waals surface area (Å²) in [7, 11) is -9.79. The predicted octanol–water partition coefficient (Wildman–Crippen LogP) is -1.14. The first-order valence-electron chi connectivity index (χ1n) is 4.57. The average molecular weight is 307 g/mol. The fourth-order valence-corrected chi connectivity index (χ4v) is 4.61. The Bertz CT molecular complexity index is 296. The van der Waals surface area contributed by atoms with Gasteiger partial charge in [-0.05, 0) is 19.4 Å². The Morgan fingerprint density at radius 2 is 1.35 bits per heavy atom. The molecule has 5 N–H and O–H groups in total. The Labute approximate surface area is 144 Å². The fourth-order valence-electron chi connectivity index (χ4n) is 1.72. The maximum absolute atomic E-state index is 11.2. The summed E-state index contributed by atoms with van der Waals surface area (Å²) in [5, 5.41) is -0.0297. The van der Waals surface area contributed by atoms with Crippen LogP contribution in [0.3, 0.4) is 0 Å². The summed E-state index contributed by atoms with van der Waals surface area (Å²) in [6.45, 7) is 0.205. The number of rotatable bonds is 2. The van der Waals surface area contributed by atoms with Gasteiger partial charge in [-0.15, -0.1) is 0 Å². The first-order chi connectivity index (χ1) is 6.71. The molecule has 94 valence electrons. The molecule has 0 atom stereocenters. The number of hydrogen-bond donors (Lipinski definition) is 5. The van der Waals surface area contributed by atoms with Gasteiger partial charge in [0.2, 0.25) is 5.02 Å². The second-order valence-corrected chi connectivity index (χ2v) is 7.70. The van der Waals surface area contributed by atoms with E-state index in [1.807, 2.05) is 0 Å². The molecule has 0 saturated carbocycles. The molecule has 0 bridgehead atoms. The van der Waals surface area contributed by atoms with Crippen LogP contribution >= 0.6 is 15.2 Å². The SMILES string of the molecule is O=P(O)(O)C1(P(=O)(O)O)CCCCCN1.[NaH].[NaH]. The third-order valence-corrected chi connectivity index (χ3v) is 6.83. The average Bonchev–Trinajstić information content (AvgIpc) is 2.25. The van der Waals surface area contributed by atoms with Crippen molar-refractivity contribution in [2.24, 2.45) is 0 Å². The molecule has 0 radical (unpaired) electrons. The molecule has 1 rings (SSSR count). The topological polar surface area (TPSA) is 127 Å². The molecule has 1 saturated heterocycles. The molecule has 0 amide bonds. The molecule has 1 aliphatic heterocycles. The van der Waals surface area contributed by atoms with Gasteiger partial charge in [0.25, 0.3) is 0 Å². The van der Waals surface area contributed by atoms with Crippen molar-refractivity contribution in [1.82, 2.24) is 5.32 Å². The van der Waals surface area contributed by atoms with Crippen LogP contribution in [-0.4, -0.2) is 90.3 Å². The summed E-state index contributed by atoms with van der Waals surface area (Å²) in [4.78, 5) is 36.4. The van der Waals surface area contributed by atoms with E-state index in [0.29, 0.717) is 19.3 Å². The van der Waals surface area contributed by atoms with Crippen molar-refractivity contribution in [2.45, 2.75) is 30.7 Å². The fraction of sp³-hybridized carbons (Fsp3) is 1.00. The Morgan fingerprint density at radius 1 is 0.882 bits per heavy atom. The van der Waals surface area contributed by atoms with Crippen LogP contribution < -0.4 is 5.32 Å². The van der Waals surface area contributed by atoms with Gasteiger partial charge in [-0.25, -0.2) is 0 Å². The molecule has 0 unspecified atom stereocenters. The molecular formula is C6H17NNa2O6P2. The quantitative estimate of drug-likeness (QED) is 0.322.